The maximum atomic E-state index is 12.0. The lowest BCUT2D eigenvalue weighted by atomic mass is 9.86. The van der Waals surface area contributed by atoms with Gasteiger partial charge in [-0.25, -0.2) is 4.21 Å². The van der Waals surface area contributed by atoms with Gasteiger partial charge >= 0.3 is 0 Å². The predicted molar refractivity (Wildman–Crippen MR) is 108 cm³/mol. The van der Waals surface area contributed by atoms with Crippen LogP contribution < -0.4 is 4.74 Å². The fourth-order valence-corrected chi connectivity index (χ4v) is 4.52. The Morgan fingerprint density at radius 2 is 1.85 bits per heavy atom. The van der Waals surface area contributed by atoms with E-state index in [1.165, 1.54) is 0 Å². The largest absolute Gasteiger partial charge is 0.456 e. The average Bonchev–Trinajstić information content (AvgIpc) is 3.21. The van der Waals surface area contributed by atoms with Crippen LogP contribution in [0.1, 0.15) is 27.5 Å². The molecule has 0 amide bonds. The molecular weight excluding hydrogens is 380 g/mol. The SMILES string of the molecule is O=CC1C(c2cccs2)=C(c2ccc(CS(=O)O)cc2)Oc2ccccc21. The average molecular weight is 396 g/mol. The van der Waals surface area contributed by atoms with Gasteiger partial charge in [-0.2, -0.15) is 0 Å². The Bertz CT molecular complexity index is 1020. The van der Waals surface area contributed by atoms with Crippen molar-refractivity contribution in [3.8, 4) is 5.75 Å². The van der Waals surface area contributed by atoms with Gasteiger partial charge in [0, 0.05) is 21.6 Å². The number of para-hydroxylation sites is 1. The van der Waals surface area contributed by atoms with E-state index < -0.39 is 17.0 Å². The topological polar surface area (TPSA) is 63.6 Å². The number of allylic oxidation sites excluding steroid dienone is 1. The van der Waals surface area contributed by atoms with Crippen molar-refractivity contribution in [3.05, 3.63) is 87.6 Å². The zero-order chi connectivity index (χ0) is 18.8. The summed E-state index contributed by atoms with van der Waals surface area (Å²) < 4.78 is 26.3. The maximum absolute atomic E-state index is 12.0. The Labute approximate surface area is 163 Å². The molecule has 0 saturated heterocycles. The highest BCUT2D eigenvalue weighted by atomic mass is 32.2. The van der Waals surface area contributed by atoms with Crippen LogP contribution in [0.5, 0.6) is 5.75 Å². The van der Waals surface area contributed by atoms with Crippen molar-refractivity contribution in [2.45, 2.75) is 11.7 Å². The van der Waals surface area contributed by atoms with Crippen LogP contribution in [0.3, 0.4) is 0 Å². The molecule has 1 N–H and O–H groups in total. The van der Waals surface area contributed by atoms with E-state index in [0.29, 0.717) is 11.5 Å². The smallest absolute Gasteiger partial charge is 0.157 e. The number of rotatable bonds is 5. The van der Waals surface area contributed by atoms with Crippen LogP contribution in [0, 0.1) is 0 Å². The molecule has 0 aliphatic carbocycles. The number of ether oxygens (including phenoxy) is 1. The summed E-state index contributed by atoms with van der Waals surface area (Å²) in [5.41, 5.74) is 3.29. The third kappa shape index (κ3) is 3.51. The van der Waals surface area contributed by atoms with Gasteiger partial charge in [0.25, 0.3) is 0 Å². The highest BCUT2D eigenvalue weighted by molar-refractivity contribution is 7.78. The van der Waals surface area contributed by atoms with Gasteiger partial charge in [0.15, 0.2) is 11.1 Å². The number of hydrogen-bond acceptors (Lipinski definition) is 4. The number of carbonyl (C=O) groups excluding carboxylic acids is 1. The van der Waals surface area contributed by atoms with Crippen molar-refractivity contribution in [1.82, 2.24) is 0 Å². The summed E-state index contributed by atoms with van der Waals surface area (Å²) in [4.78, 5) is 13.0. The third-order valence-electron chi connectivity index (χ3n) is 4.45. The molecule has 1 aromatic heterocycles. The quantitative estimate of drug-likeness (QED) is 0.501. The predicted octanol–water partition coefficient (Wildman–Crippen LogP) is 4.71. The van der Waals surface area contributed by atoms with E-state index in [9.17, 15) is 9.00 Å². The highest BCUT2D eigenvalue weighted by Gasteiger charge is 2.31. The fourth-order valence-electron chi connectivity index (χ4n) is 3.24. The first kappa shape index (κ1) is 17.9. The summed E-state index contributed by atoms with van der Waals surface area (Å²) >= 11 is -0.321. The van der Waals surface area contributed by atoms with Gasteiger partial charge in [0.05, 0.1) is 11.7 Å². The van der Waals surface area contributed by atoms with Crippen molar-refractivity contribution in [2.24, 2.45) is 0 Å². The van der Waals surface area contributed by atoms with E-state index in [4.69, 9.17) is 9.29 Å². The molecule has 2 unspecified atom stereocenters. The second kappa shape index (κ2) is 7.60. The molecule has 27 heavy (non-hydrogen) atoms. The molecular formula is C21H16O4S2. The minimum Gasteiger partial charge on any atom is -0.456 e. The van der Waals surface area contributed by atoms with E-state index in [-0.39, 0.29) is 5.75 Å². The van der Waals surface area contributed by atoms with Gasteiger partial charge in [-0.3, -0.25) is 0 Å². The Kier molecular flexibility index (Phi) is 5.03. The van der Waals surface area contributed by atoms with Crippen LogP contribution in [0.4, 0.5) is 0 Å². The molecule has 2 heterocycles. The number of benzene rings is 2. The number of carbonyl (C=O) groups is 1. The second-order valence-electron chi connectivity index (χ2n) is 6.14. The van der Waals surface area contributed by atoms with Crippen molar-refractivity contribution < 1.29 is 18.3 Å². The molecule has 2 aromatic carbocycles. The molecule has 1 aliphatic heterocycles. The van der Waals surface area contributed by atoms with E-state index in [2.05, 4.69) is 0 Å². The lowest BCUT2D eigenvalue weighted by Gasteiger charge is -2.27. The maximum Gasteiger partial charge on any atom is 0.157 e. The zero-order valence-corrected chi connectivity index (χ0v) is 15.8. The summed E-state index contributed by atoms with van der Waals surface area (Å²) in [5, 5.41) is 1.97. The second-order valence-corrected chi connectivity index (χ2v) is 8.02. The Morgan fingerprint density at radius 1 is 1.07 bits per heavy atom. The van der Waals surface area contributed by atoms with E-state index in [1.807, 2.05) is 66.0 Å². The molecule has 1 aliphatic rings. The van der Waals surface area contributed by atoms with Gasteiger partial charge < -0.3 is 14.1 Å². The number of aldehydes is 1. The first-order valence-corrected chi connectivity index (χ1v) is 10.5. The van der Waals surface area contributed by atoms with E-state index >= 15 is 0 Å². The molecule has 0 bridgehead atoms. The lowest BCUT2D eigenvalue weighted by molar-refractivity contribution is -0.108. The molecule has 0 fully saturated rings. The van der Waals surface area contributed by atoms with E-state index in [0.717, 1.165) is 33.4 Å². The number of thiophene rings is 1. The van der Waals surface area contributed by atoms with E-state index in [1.54, 1.807) is 11.3 Å². The monoisotopic (exact) mass is 396 g/mol. The molecule has 0 spiro atoms. The molecule has 0 saturated carbocycles. The lowest BCUT2D eigenvalue weighted by Crippen LogP contribution is -2.15. The van der Waals surface area contributed by atoms with Crippen molar-refractivity contribution in [1.29, 1.82) is 0 Å². The Hall–Kier alpha value is -2.54. The van der Waals surface area contributed by atoms with Crippen LogP contribution in [0.2, 0.25) is 0 Å². The molecule has 3 aromatic rings. The minimum atomic E-state index is -1.88. The standard InChI is InChI=1S/C21H16O4S2/c22-12-17-16-4-1-2-5-18(16)25-21(20(17)19-6-3-11-26-19)15-9-7-14(8-10-15)13-27(23)24/h1-12,17H,13H2,(H,23,24). The first-order valence-electron chi connectivity index (χ1n) is 8.34. The van der Waals surface area contributed by atoms with Crippen LogP contribution in [0.25, 0.3) is 11.3 Å². The van der Waals surface area contributed by atoms with Crippen LogP contribution in [0.15, 0.2) is 66.0 Å². The van der Waals surface area contributed by atoms with Gasteiger partial charge in [-0.15, -0.1) is 11.3 Å². The Morgan fingerprint density at radius 3 is 2.52 bits per heavy atom. The summed E-state index contributed by atoms with van der Waals surface area (Å²) in [6.07, 6.45) is 0.958. The van der Waals surface area contributed by atoms with Crippen molar-refractivity contribution >= 4 is 40.0 Å². The normalized spacial score (nSPS) is 17.1. The molecule has 0 radical (unpaired) electrons. The fraction of sp³-hybridized carbons (Fsp3) is 0.0952. The van der Waals surface area contributed by atoms with Gasteiger partial charge in [0.2, 0.25) is 0 Å². The molecule has 6 heteroatoms. The van der Waals surface area contributed by atoms with Crippen LogP contribution in [-0.4, -0.2) is 15.0 Å². The van der Waals surface area contributed by atoms with Crippen LogP contribution in [-0.2, 0) is 21.6 Å². The van der Waals surface area contributed by atoms with Gasteiger partial charge in [-0.05, 0) is 23.1 Å². The molecule has 4 rings (SSSR count). The van der Waals surface area contributed by atoms with Gasteiger partial charge in [-0.1, -0.05) is 48.5 Å². The van der Waals surface area contributed by atoms with Crippen molar-refractivity contribution in [3.63, 3.8) is 0 Å². The van der Waals surface area contributed by atoms with Crippen molar-refractivity contribution in [2.75, 3.05) is 0 Å². The van der Waals surface area contributed by atoms with Gasteiger partial charge in [0.1, 0.15) is 17.8 Å². The number of hydrogen-bond donors (Lipinski definition) is 1. The summed E-state index contributed by atoms with van der Waals surface area (Å²) in [6.45, 7) is 0. The molecule has 136 valence electrons. The summed E-state index contributed by atoms with van der Waals surface area (Å²) in [6, 6.07) is 18.8. The molecule has 2 atom stereocenters. The minimum absolute atomic E-state index is 0.0811. The summed E-state index contributed by atoms with van der Waals surface area (Å²) in [7, 11) is 0. The van der Waals surface area contributed by atoms with Crippen LogP contribution >= 0.6 is 11.3 Å². The summed E-state index contributed by atoms with van der Waals surface area (Å²) in [5.74, 6) is 0.987. The zero-order valence-electron chi connectivity index (χ0n) is 14.2. The molecule has 4 nitrogen and oxygen atoms in total. The third-order valence-corrected chi connectivity index (χ3v) is 5.93. The highest BCUT2D eigenvalue weighted by Crippen LogP contribution is 2.46. The Balaban J connectivity index is 1.86. The number of fused-ring (bicyclic) bond motifs is 1. The first-order chi connectivity index (χ1) is 13.2.